The lowest BCUT2D eigenvalue weighted by Crippen LogP contribution is -2.57. The van der Waals surface area contributed by atoms with Gasteiger partial charge in [0.25, 0.3) is 0 Å². The molecule has 2 aliphatic rings. The van der Waals surface area contributed by atoms with Crippen molar-refractivity contribution < 1.29 is 8.42 Å². The van der Waals surface area contributed by atoms with Crippen molar-refractivity contribution in [2.45, 2.75) is 44.8 Å². The molecule has 5 nitrogen and oxygen atoms in total. The van der Waals surface area contributed by atoms with E-state index in [-0.39, 0.29) is 11.2 Å². The summed E-state index contributed by atoms with van der Waals surface area (Å²) in [5, 5.41) is 3.36. The maximum Gasteiger partial charge on any atom is 0.194 e. The Morgan fingerprint density at radius 1 is 1.23 bits per heavy atom. The lowest BCUT2D eigenvalue weighted by Gasteiger charge is -2.39. The molecule has 0 bridgehead atoms. The molecule has 0 radical (unpaired) electrons. The van der Waals surface area contributed by atoms with Gasteiger partial charge < -0.3 is 10.2 Å². The highest BCUT2D eigenvalue weighted by Crippen LogP contribution is 2.48. The second kappa shape index (κ2) is 7.22. The minimum absolute atomic E-state index is 0.194. The number of rotatable bonds is 5. The number of nitrogens with zero attached hydrogens (tertiary/aromatic N) is 2. The Hall–Kier alpha value is -1.56. The molecule has 0 spiro atoms. The Kier molecular flexibility index (Phi) is 5.33. The number of nitrogens with one attached hydrogen (secondary N) is 1. The first kappa shape index (κ1) is 19.2. The van der Waals surface area contributed by atoms with Gasteiger partial charge in [0.1, 0.15) is 0 Å². The summed E-state index contributed by atoms with van der Waals surface area (Å²) in [6, 6.07) is 10.6. The number of aliphatic imine (C=N–C) groups is 1. The van der Waals surface area contributed by atoms with Crippen LogP contribution in [0.5, 0.6) is 0 Å². The first-order valence-electron chi connectivity index (χ1n) is 9.56. The van der Waals surface area contributed by atoms with Gasteiger partial charge in [0, 0.05) is 26.2 Å². The molecule has 26 heavy (non-hydrogen) atoms. The predicted octanol–water partition coefficient (Wildman–Crippen LogP) is 2.48. The van der Waals surface area contributed by atoms with Crippen LogP contribution in [-0.2, 0) is 16.3 Å². The highest BCUT2D eigenvalue weighted by molar-refractivity contribution is 7.92. The smallest absolute Gasteiger partial charge is 0.194 e. The molecule has 1 aromatic rings. The fourth-order valence-corrected chi connectivity index (χ4v) is 4.96. The molecular formula is C20H31N3O2S. The first-order valence-corrected chi connectivity index (χ1v) is 11.2. The first-order chi connectivity index (χ1) is 12.3. The minimum atomic E-state index is -3.04. The quantitative estimate of drug-likeness (QED) is 0.633. The zero-order chi connectivity index (χ0) is 18.8. The molecule has 144 valence electrons. The van der Waals surface area contributed by atoms with Crippen molar-refractivity contribution in [3.05, 3.63) is 35.9 Å². The van der Waals surface area contributed by atoms with Crippen LogP contribution in [0.25, 0.3) is 0 Å². The van der Waals surface area contributed by atoms with Crippen LogP contribution in [0.4, 0.5) is 0 Å². The summed E-state index contributed by atoms with van der Waals surface area (Å²) in [6.45, 7) is 8.28. The molecule has 1 saturated carbocycles. The van der Waals surface area contributed by atoms with E-state index in [1.54, 1.807) is 0 Å². The number of hydrogen-bond donors (Lipinski definition) is 1. The van der Waals surface area contributed by atoms with Crippen LogP contribution in [0.1, 0.15) is 39.2 Å². The Morgan fingerprint density at radius 3 is 2.50 bits per heavy atom. The largest absolute Gasteiger partial charge is 0.357 e. The van der Waals surface area contributed by atoms with Crippen molar-refractivity contribution in [1.29, 1.82) is 0 Å². The minimum Gasteiger partial charge on any atom is -0.357 e. The second-order valence-corrected chi connectivity index (χ2v) is 11.1. The molecule has 1 saturated heterocycles. The zero-order valence-corrected chi connectivity index (χ0v) is 17.0. The molecular weight excluding hydrogens is 346 g/mol. The van der Waals surface area contributed by atoms with Gasteiger partial charge in [-0.3, -0.25) is 4.99 Å². The van der Waals surface area contributed by atoms with Crippen LogP contribution in [0.2, 0.25) is 0 Å². The summed E-state index contributed by atoms with van der Waals surface area (Å²) in [5.41, 5.74) is 1.65. The molecule has 6 heteroatoms. The van der Waals surface area contributed by atoms with Crippen LogP contribution in [0.3, 0.4) is 0 Å². The SMILES string of the molecule is CCNC(=NCC1(Cc2ccccc2)CC1)N1CCS(=O)(=O)C(C)(C)C1. The van der Waals surface area contributed by atoms with E-state index in [0.29, 0.717) is 13.1 Å². The lowest BCUT2D eigenvalue weighted by molar-refractivity contribution is 0.351. The summed E-state index contributed by atoms with van der Waals surface area (Å²) >= 11 is 0. The summed E-state index contributed by atoms with van der Waals surface area (Å²) in [6.07, 6.45) is 3.49. The van der Waals surface area contributed by atoms with Crippen LogP contribution < -0.4 is 5.32 Å². The van der Waals surface area contributed by atoms with Crippen molar-refractivity contribution in [1.82, 2.24) is 10.2 Å². The lowest BCUT2D eigenvalue weighted by atomic mass is 9.97. The molecule has 1 aromatic carbocycles. The maximum atomic E-state index is 12.3. The molecule has 1 heterocycles. The van der Waals surface area contributed by atoms with Crippen LogP contribution in [-0.4, -0.2) is 56.0 Å². The van der Waals surface area contributed by atoms with Gasteiger partial charge in [0.05, 0.1) is 10.5 Å². The average Bonchev–Trinajstić information content (AvgIpc) is 3.35. The normalized spacial score (nSPS) is 23.5. The van der Waals surface area contributed by atoms with Crippen molar-refractivity contribution in [3.63, 3.8) is 0 Å². The molecule has 3 rings (SSSR count). The molecule has 1 aliphatic heterocycles. The molecule has 1 aliphatic carbocycles. The van der Waals surface area contributed by atoms with Gasteiger partial charge in [0.2, 0.25) is 0 Å². The van der Waals surface area contributed by atoms with Crippen LogP contribution in [0, 0.1) is 5.41 Å². The number of sulfone groups is 1. The van der Waals surface area contributed by atoms with E-state index in [4.69, 9.17) is 4.99 Å². The van der Waals surface area contributed by atoms with E-state index in [2.05, 4.69) is 47.5 Å². The molecule has 0 unspecified atom stereocenters. The van der Waals surface area contributed by atoms with E-state index in [9.17, 15) is 8.42 Å². The van der Waals surface area contributed by atoms with Gasteiger partial charge >= 0.3 is 0 Å². The molecule has 1 N–H and O–H groups in total. The third-order valence-corrected chi connectivity index (χ3v) is 8.15. The molecule has 0 atom stereocenters. The van der Waals surface area contributed by atoms with Gasteiger partial charge in [-0.15, -0.1) is 0 Å². The van der Waals surface area contributed by atoms with E-state index < -0.39 is 14.6 Å². The maximum absolute atomic E-state index is 12.3. The van der Waals surface area contributed by atoms with E-state index >= 15 is 0 Å². The Labute approximate surface area is 157 Å². The molecule has 0 amide bonds. The zero-order valence-electron chi connectivity index (χ0n) is 16.2. The fraction of sp³-hybridized carbons (Fsp3) is 0.650. The summed E-state index contributed by atoms with van der Waals surface area (Å²) in [4.78, 5) is 7.03. The predicted molar refractivity (Wildman–Crippen MR) is 107 cm³/mol. The van der Waals surface area contributed by atoms with E-state index in [1.165, 1.54) is 18.4 Å². The van der Waals surface area contributed by atoms with Gasteiger partial charge in [-0.2, -0.15) is 0 Å². The van der Waals surface area contributed by atoms with Crippen LogP contribution in [0.15, 0.2) is 35.3 Å². The average molecular weight is 378 g/mol. The van der Waals surface area contributed by atoms with Crippen molar-refractivity contribution in [2.75, 3.05) is 31.9 Å². The van der Waals surface area contributed by atoms with Crippen LogP contribution >= 0.6 is 0 Å². The van der Waals surface area contributed by atoms with Gasteiger partial charge in [-0.05, 0) is 51.0 Å². The third-order valence-electron chi connectivity index (χ3n) is 5.62. The topological polar surface area (TPSA) is 61.8 Å². The van der Waals surface area contributed by atoms with Crippen molar-refractivity contribution in [3.8, 4) is 0 Å². The second-order valence-electron chi connectivity index (χ2n) is 8.33. The number of hydrogen-bond acceptors (Lipinski definition) is 3. The summed E-state index contributed by atoms with van der Waals surface area (Å²) in [7, 11) is -3.04. The van der Waals surface area contributed by atoms with Gasteiger partial charge in [-0.1, -0.05) is 30.3 Å². The summed E-state index contributed by atoms with van der Waals surface area (Å²) in [5.74, 6) is 1.05. The Balaban J connectivity index is 1.70. The standard InChI is InChI=1S/C20H31N3O2S/c1-4-21-18(23-12-13-26(24,25)19(2,3)16-23)22-15-20(10-11-20)14-17-8-6-5-7-9-17/h5-9H,4,10-16H2,1-3H3,(H,21,22). The van der Waals surface area contributed by atoms with Crippen molar-refractivity contribution in [2.24, 2.45) is 10.4 Å². The van der Waals surface area contributed by atoms with E-state index in [0.717, 1.165) is 25.5 Å². The Morgan fingerprint density at radius 2 is 1.92 bits per heavy atom. The monoisotopic (exact) mass is 377 g/mol. The number of guanidine groups is 1. The van der Waals surface area contributed by atoms with E-state index in [1.807, 2.05) is 13.8 Å². The van der Waals surface area contributed by atoms with Gasteiger partial charge in [-0.25, -0.2) is 8.42 Å². The summed E-state index contributed by atoms with van der Waals surface area (Å²) < 4.78 is 23.8. The Bertz CT molecular complexity index is 753. The third kappa shape index (κ3) is 4.22. The van der Waals surface area contributed by atoms with Crippen molar-refractivity contribution >= 4 is 15.8 Å². The highest BCUT2D eigenvalue weighted by Gasteiger charge is 2.43. The van der Waals surface area contributed by atoms with Gasteiger partial charge in [0.15, 0.2) is 15.8 Å². The fourth-order valence-electron chi connectivity index (χ4n) is 3.59. The molecule has 0 aromatic heterocycles. The molecule has 2 fully saturated rings. The highest BCUT2D eigenvalue weighted by atomic mass is 32.2. The number of benzene rings is 1.